The smallest absolute Gasteiger partial charge is 0.306 e. The van der Waals surface area contributed by atoms with Crippen LogP contribution in [-0.2, 0) is 9.53 Å². The van der Waals surface area contributed by atoms with Crippen LogP contribution in [0.15, 0.2) is 0 Å². The first-order chi connectivity index (χ1) is 6.61. The van der Waals surface area contributed by atoms with Crippen LogP contribution in [0.3, 0.4) is 0 Å². The summed E-state index contributed by atoms with van der Waals surface area (Å²) in [5.74, 6) is -0.171. The quantitative estimate of drug-likeness (QED) is 0.700. The Morgan fingerprint density at radius 1 is 1.36 bits per heavy atom. The molecule has 0 amide bonds. The fraction of sp³-hybridized carbons (Fsp3) is 0.909. The van der Waals surface area contributed by atoms with Crippen LogP contribution in [0.2, 0.25) is 0 Å². The normalized spacial score (nSPS) is 47.4. The zero-order valence-corrected chi connectivity index (χ0v) is 8.77. The van der Waals surface area contributed by atoms with E-state index in [9.17, 15) is 4.79 Å². The molecule has 1 saturated carbocycles. The number of carboxylic acid groups (broad SMARTS) is 1. The monoisotopic (exact) mass is 198 g/mol. The largest absolute Gasteiger partial charge is 0.481 e. The van der Waals surface area contributed by atoms with E-state index in [1.54, 1.807) is 0 Å². The molecule has 1 heterocycles. The maximum Gasteiger partial charge on any atom is 0.306 e. The number of carbonyl (C=O) groups is 1. The lowest BCUT2D eigenvalue weighted by Gasteiger charge is -2.31. The minimum atomic E-state index is -0.635. The Bertz CT molecular complexity index is 239. The van der Waals surface area contributed by atoms with Crippen molar-refractivity contribution in [1.82, 2.24) is 0 Å². The summed E-state index contributed by atoms with van der Waals surface area (Å²) in [5.41, 5.74) is 0. The Kier molecular flexibility index (Phi) is 2.52. The third-order valence-electron chi connectivity index (χ3n) is 3.95. The summed E-state index contributed by atoms with van der Waals surface area (Å²) in [7, 11) is 0. The average molecular weight is 198 g/mol. The van der Waals surface area contributed by atoms with Gasteiger partial charge in [0.25, 0.3) is 0 Å². The SMILES string of the molecule is C[C@H]1[C@@H]2[C@@H](CCC[C@H]2C(=O)O)O[C@H]1C. The van der Waals surface area contributed by atoms with Crippen LogP contribution in [0.4, 0.5) is 0 Å². The van der Waals surface area contributed by atoms with Gasteiger partial charge in [0, 0.05) is 5.92 Å². The Morgan fingerprint density at radius 3 is 2.71 bits per heavy atom. The maximum atomic E-state index is 11.1. The van der Waals surface area contributed by atoms with Gasteiger partial charge >= 0.3 is 5.97 Å². The summed E-state index contributed by atoms with van der Waals surface area (Å²) in [6.07, 6.45) is 3.30. The molecule has 1 aliphatic heterocycles. The third kappa shape index (κ3) is 1.44. The van der Waals surface area contributed by atoms with Crippen LogP contribution < -0.4 is 0 Å². The molecule has 1 saturated heterocycles. The highest BCUT2D eigenvalue weighted by atomic mass is 16.5. The minimum Gasteiger partial charge on any atom is -0.481 e. The summed E-state index contributed by atoms with van der Waals surface area (Å²) in [6.45, 7) is 4.18. The van der Waals surface area contributed by atoms with Crippen molar-refractivity contribution in [3.05, 3.63) is 0 Å². The first-order valence-corrected chi connectivity index (χ1v) is 5.49. The summed E-state index contributed by atoms with van der Waals surface area (Å²) in [5, 5.41) is 9.13. The summed E-state index contributed by atoms with van der Waals surface area (Å²) >= 11 is 0. The molecule has 14 heavy (non-hydrogen) atoms. The van der Waals surface area contributed by atoms with Crippen molar-refractivity contribution in [3.8, 4) is 0 Å². The molecule has 0 unspecified atom stereocenters. The van der Waals surface area contributed by atoms with Crippen LogP contribution in [0.5, 0.6) is 0 Å². The van der Waals surface area contributed by atoms with Crippen molar-refractivity contribution in [3.63, 3.8) is 0 Å². The van der Waals surface area contributed by atoms with Gasteiger partial charge < -0.3 is 9.84 Å². The van der Waals surface area contributed by atoms with Gasteiger partial charge in [-0.25, -0.2) is 0 Å². The first kappa shape index (κ1) is 9.97. The zero-order chi connectivity index (χ0) is 10.3. The molecule has 1 aliphatic carbocycles. The van der Waals surface area contributed by atoms with Crippen molar-refractivity contribution >= 4 is 5.97 Å². The second kappa shape index (κ2) is 3.54. The standard InChI is InChI=1S/C11H18O3/c1-6-7(2)14-9-5-3-4-8(10(6)9)11(12)13/h6-10H,3-5H2,1-2H3,(H,12,13)/t6-,7+,8-,9-,10+/m1/s1. The third-order valence-corrected chi connectivity index (χ3v) is 3.95. The second-order valence-corrected chi connectivity index (χ2v) is 4.69. The summed E-state index contributed by atoms with van der Waals surface area (Å²) in [6, 6.07) is 0. The van der Waals surface area contributed by atoms with Crippen LogP contribution in [0.25, 0.3) is 0 Å². The maximum absolute atomic E-state index is 11.1. The Balaban J connectivity index is 2.18. The first-order valence-electron chi connectivity index (χ1n) is 5.49. The van der Waals surface area contributed by atoms with Gasteiger partial charge in [-0.05, 0) is 32.1 Å². The predicted octanol–water partition coefficient (Wildman–Crippen LogP) is 1.91. The molecule has 0 bridgehead atoms. The van der Waals surface area contributed by atoms with Gasteiger partial charge in [0.05, 0.1) is 18.1 Å². The van der Waals surface area contributed by atoms with Gasteiger partial charge in [0.2, 0.25) is 0 Å². The molecule has 0 radical (unpaired) electrons. The number of fused-ring (bicyclic) bond motifs is 1. The Labute approximate surface area is 84.4 Å². The van der Waals surface area contributed by atoms with E-state index in [0.29, 0.717) is 5.92 Å². The van der Waals surface area contributed by atoms with E-state index in [1.807, 2.05) is 0 Å². The van der Waals surface area contributed by atoms with E-state index in [0.717, 1.165) is 19.3 Å². The van der Waals surface area contributed by atoms with E-state index >= 15 is 0 Å². The van der Waals surface area contributed by atoms with Gasteiger partial charge in [0.15, 0.2) is 0 Å². The van der Waals surface area contributed by atoms with Gasteiger partial charge in [0.1, 0.15) is 0 Å². The molecule has 3 nitrogen and oxygen atoms in total. The molecule has 0 spiro atoms. The Hall–Kier alpha value is -0.570. The highest BCUT2D eigenvalue weighted by molar-refractivity contribution is 5.70. The molecule has 0 aromatic rings. The number of hydrogen-bond acceptors (Lipinski definition) is 2. The average Bonchev–Trinajstić information content (AvgIpc) is 2.43. The summed E-state index contributed by atoms with van der Waals surface area (Å²) < 4.78 is 5.79. The van der Waals surface area contributed by atoms with Gasteiger partial charge in [-0.3, -0.25) is 4.79 Å². The van der Waals surface area contributed by atoms with Crippen molar-refractivity contribution in [1.29, 1.82) is 0 Å². The lowest BCUT2D eigenvalue weighted by molar-refractivity contribution is -0.146. The Morgan fingerprint density at radius 2 is 2.07 bits per heavy atom. The molecule has 0 aromatic heterocycles. The molecule has 2 aliphatic rings. The molecular formula is C11H18O3. The molecule has 3 heteroatoms. The van der Waals surface area contributed by atoms with Crippen LogP contribution >= 0.6 is 0 Å². The van der Waals surface area contributed by atoms with Crippen molar-refractivity contribution in [2.45, 2.75) is 45.3 Å². The second-order valence-electron chi connectivity index (χ2n) is 4.69. The van der Waals surface area contributed by atoms with E-state index in [1.165, 1.54) is 0 Å². The van der Waals surface area contributed by atoms with Crippen molar-refractivity contribution in [2.24, 2.45) is 17.8 Å². The molecule has 2 rings (SSSR count). The topological polar surface area (TPSA) is 46.5 Å². The molecule has 0 aromatic carbocycles. The van der Waals surface area contributed by atoms with Crippen LogP contribution in [-0.4, -0.2) is 23.3 Å². The molecule has 80 valence electrons. The van der Waals surface area contributed by atoms with E-state index in [-0.39, 0.29) is 24.0 Å². The highest BCUT2D eigenvalue weighted by Gasteiger charge is 2.47. The van der Waals surface area contributed by atoms with Crippen LogP contribution in [0, 0.1) is 17.8 Å². The van der Waals surface area contributed by atoms with Gasteiger partial charge in [-0.2, -0.15) is 0 Å². The number of aliphatic carboxylic acids is 1. The van der Waals surface area contributed by atoms with E-state index in [2.05, 4.69) is 13.8 Å². The lowest BCUT2D eigenvalue weighted by atomic mass is 9.72. The van der Waals surface area contributed by atoms with Gasteiger partial charge in [-0.1, -0.05) is 6.92 Å². The number of rotatable bonds is 1. The highest BCUT2D eigenvalue weighted by Crippen LogP contribution is 2.44. The number of ether oxygens (including phenoxy) is 1. The van der Waals surface area contributed by atoms with E-state index < -0.39 is 5.97 Å². The molecular weight excluding hydrogens is 180 g/mol. The van der Waals surface area contributed by atoms with Crippen LogP contribution in [0.1, 0.15) is 33.1 Å². The fourth-order valence-corrected chi connectivity index (χ4v) is 3.05. The molecule has 2 fully saturated rings. The van der Waals surface area contributed by atoms with E-state index in [4.69, 9.17) is 9.84 Å². The fourth-order valence-electron chi connectivity index (χ4n) is 3.05. The lowest BCUT2D eigenvalue weighted by Crippen LogP contribution is -2.36. The zero-order valence-electron chi connectivity index (χ0n) is 8.77. The van der Waals surface area contributed by atoms with Gasteiger partial charge in [-0.15, -0.1) is 0 Å². The predicted molar refractivity (Wildman–Crippen MR) is 52.0 cm³/mol. The number of hydrogen-bond donors (Lipinski definition) is 1. The summed E-state index contributed by atoms with van der Waals surface area (Å²) in [4.78, 5) is 11.1. The van der Waals surface area contributed by atoms with Crippen molar-refractivity contribution < 1.29 is 14.6 Å². The molecule has 1 N–H and O–H groups in total. The number of carboxylic acids is 1. The minimum absolute atomic E-state index is 0.173. The molecule has 5 atom stereocenters. The van der Waals surface area contributed by atoms with Crippen molar-refractivity contribution in [2.75, 3.05) is 0 Å².